The van der Waals surface area contributed by atoms with E-state index in [1.165, 1.54) is 11.1 Å². The Morgan fingerprint density at radius 2 is 1.76 bits per heavy atom. The molecule has 1 aliphatic carbocycles. The first-order chi connectivity index (χ1) is 15.1. The third kappa shape index (κ3) is 4.24. The van der Waals surface area contributed by atoms with Gasteiger partial charge in [0.25, 0.3) is 0 Å². The summed E-state index contributed by atoms with van der Waals surface area (Å²) in [6, 6.07) is 6.55. The molecule has 1 amide bonds. The molecule has 1 unspecified atom stereocenters. The van der Waals surface area contributed by atoms with Gasteiger partial charge in [-0.25, -0.2) is 0 Å². The average Bonchev–Trinajstić information content (AvgIpc) is 3.35. The van der Waals surface area contributed by atoms with Gasteiger partial charge >= 0.3 is 7.12 Å². The van der Waals surface area contributed by atoms with E-state index in [0.29, 0.717) is 0 Å². The summed E-state index contributed by atoms with van der Waals surface area (Å²) in [7, 11) is -2.27. The van der Waals surface area contributed by atoms with Crippen LogP contribution in [0.25, 0.3) is 0 Å². The lowest BCUT2D eigenvalue weighted by Crippen LogP contribution is -2.44. The molecule has 7 heteroatoms. The van der Waals surface area contributed by atoms with Crippen molar-refractivity contribution in [3.05, 3.63) is 29.3 Å². The molecule has 2 aliphatic heterocycles. The van der Waals surface area contributed by atoms with Gasteiger partial charge < -0.3 is 18.6 Å². The van der Waals surface area contributed by atoms with Crippen LogP contribution in [0.5, 0.6) is 0 Å². The molecule has 0 bridgehead atoms. The number of carbonyl (C=O) groups excluding carboxylic acids is 1. The van der Waals surface area contributed by atoms with Crippen LogP contribution < -0.4 is 5.46 Å². The average molecular weight is 472 g/mol. The van der Waals surface area contributed by atoms with Crippen molar-refractivity contribution < 1.29 is 18.5 Å². The summed E-state index contributed by atoms with van der Waals surface area (Å²) >= 11 is 0. The van der Waals surface area contributed by atoms with Crippen LogP contribution in [0, 0.1) is 0 Å². The van der Waals surface area contributed by atoms with Crippen molar-refractivity contribution in [2.24, 2.45) is 0 Å². The second kappa shape index (κ2) is 7.94. The number of amides is 1. The predicted molar refractivity (Wildman–Crippen MR) is 137 cm³/mol. The number of hydrogen-bond donors (Lipinski definition) is 0. The molecule has 0 N–H and O–H groups in total. The normalized spacial score (nSPS) is 26.3. The smallest absolute Gasteiger partial charge is 0.408 e. The highest BCUT2D eigenvalue weighted by Crippen LogP contribution is 2.46. The number of benzene rings is 1. The van der Waals surface area contributed by atoms with Crippen molar-refractivity contribution in [2.75, 3.05) is 19.7 Å². The maximum Gasteiger partial charge on any atom is 0.495 e. The summed E-state index contributed by atoms with van der Waals surface area (Å²) in [5, 5.41) is 0.105. The fraction of sp³-hybridized carbons (Fsp3) is 0.731. The molecule has 3 aliphatic rings. The van der Waals surface area contributed by atoms with Crippen LogP contribution in [-0.4, -0.2) is 57.1 Å². The lowest BCUT2D eigenvalue weighted by molar-refractivity contribution is -0.132. The van der Waals surface area contributed by atoms with Gasteiger partial charge in [-0.1, -0.05) is 39.0 Å². The molecule has 1 aromatic carbocycles. The van der Waals surface area contributed by atoms with Crippen LogP contribution in [0.2, 0.25) is 18.1 Å². The number of likely N-dealkylation sites (tertiary alicyclic amines) is 1. The summed E-state index contributed by atoms with van der Waals surface area (Å²) in [6.07, 6.45) is 3.10. The minimum Gasteiger partial charge on any atom is -0.408 e. The summed E-state index contributed by atoms with van der Waals surface area (Å²) in [5.74, 6) is 0.132. The fourth-order valence-electron chi connectivity index (χ4n) is 5.13. The topological polar surface area (TPSA) is 48.0 Å². The number of fused-ring (bicyclic) bond motifs is 2. The van der Waals surface area contributed by atoms with E-state index >= 15 is 0 Å². The Kier molecular flexibility index (Phi) is 6.00. The molecule has 0 aromatic heterocycles. The quantitative estimate of drug-likeness (QED) is 0.610. The van der Waals surface area contributed by atoms with Gasteiger partial charge in [0, 0.05) is 18.5 Å². The van der Waals surface area contributed by atoms with E-state index in [1.807, 2.05) is 4.90 Å². The zero-order valence-electron chi connectivity index (χ0n) is 22.1. The highest BCUT2D eigenvalue weighted by molar-refractivity contribution is 6.74. The Labute approximate surface area is 201 Å². The summed E-state index contributed by atoms with van der Waals surface area (Å²) in [4.78, 5) is 15.1. The van der Waals surface area contributed by atoms with E-state index in [9.17, 15) is 4.79 Å². The molecule has 2 saturated heterocycles. The molecule has 0 saturated carbocycles. The number of carbonyl (C=O) groups is 1. The lowest BCUT2D eigenvalue weighted by atomic mass is 9.73. The van der Waals surface area contributed by atoms with Crippen LogP contribution in [0.4, 0.5) is 0 Å². The number of nitrogens with zero attached hydrogens (tertiary/aromatic N) is 1. The predicted octanol–water partition coefficient (Wildman–Crippen LogP) is 4.42. The monoisotopic (exact) mass is 471 g/mol. The Morgan fingerprint density at radius 1 is 1.12 bits per heavy atom. The molecule has 4 rings (SSSR count). The number of rotatable bonds is 4. The summed E-state index contributed by atoms with van der Waals surface area (Å²) in [5.41, 5.74) is 3.25. The van der Waals surface area contributed by atoms with Gasteiger partial charge in [0.2, 0.25) is 5.91 Å². The van der Waals surface area contributed by atoms with Gasteiger partial charge in [0.15, 0.2) is 8.32 Å². The minimum atomic E-state index is -1.94. The van der Waals surface area contributed by atoms with Crippen LogP contribution >= 0.6 is 0 Å². The number of hydrogen-bond acceptors (Lipinski definition) is 4. The van der Waals surface area contributed by atoms with Crippen molar-refractivity contribution in [3.63, 3.8) is 0 Å². The van der Waals surface area contributed by atoms with Crippen LogP contribution in [0.15, 0.2) is 18.2 Å². The molecule has 2 fully saturated rings. The SMILES string of the molecule is CC1(C)OB(c2cccc3c2CCC32CCN(C(=O)CO[Si](C)(C)C(C)(C)C)C2)OC1(C)C. The molecule has 2 heterocycles. The Balaban J connectivity index is 1.49. The largest absolute Gasteiger partial charge is 0.495 e. The van der Waals surface area contributed by atoms with Crippen molar-refractivity contribution in [3.8, 4) is 0 Å². The van der Waals surface area contributed by atoms with Crippen LogP contribution in [0.3, 0.4) is 0 Å². The molecule has 1 atom stereocenters. The van der Waals surface area contributed by atoms with Crippen LogP contribution in [0.1, 0.15) is 72.4 Å². The summed E-state index contributed by atoms with van der Waals surface area (Å²) < 4.78 is 19.0. The first kappa shape index (κ1) is 25.0. The van der Waals surface area contributed by atoms with Crippen molar-refractivity contribution in [2.45, 2.75) is 102 Å². The zero-order chi connectivity index (χ0) is 24.4. The van der Waals surface area contributed by atoms with Crippen LogP contribution in [-0.2, 0) is 30.4 Å². The molecule has 33 heavy (non-hydrogen) atoms. The van der Waals surface area contributed by atoms with E-state index in [4.69, 9.17) is 13.7 Å². The standard InChI is InChI=1S/C26H42BNO4Si/c1-23(2,3)33(8,9)30-17-22(29)28-16-15-26(18-28)14-13-19-20(26)11-10-12-21(19)27-31-24(4,5)25(6,7)32-27/h10-12H,13-18H2,1-9H3. The zero-order valence-corrected chi connectivity index (χ0v) is 23.1. The minimum absolute atomic E-state index is 0.0433. The fourth-order valence-corrected chi connectivity index (χ4v) is 6.05. The third-order valence-electron chi connectivity index (χ3n) is 9.21. The Bertz CT molecular complexity index is 923. The van der Waals surface area contributed by atoms with Gasteiger partial charge in [0.05, 0.1) is 11.2 Å². The molecular weight excluding hydrogens is 429 g/mol. The second-order valence-corrected chi connectivity index (χ2v) is 17.7. The van der Waals surface area contributed by atoms with E-state index in [1.54, 1.807) is 0 Å². The molecular formula is C26H42BNO4Si. The van der Waals surface area contributed by atoms with Crippen molar-refractivity contribution in [1.82, 2.24) is 4.90 Å². The van der Waals surface area contributed by atoms with Gasteiger partial charge in [0.1, 0.15) is 6.61 Å². The summed E-state index contributed by atoms with van der Waals surface area (Å²) in [6.45, 7) is 21.2. The molecule has 1 spiro atoms. The van der Waals surface area contributed by atoms with E-state index in [0.717, 1.165) is 37.8 Å². The van der Waals surface area contributed by atoms with E-state index in [2.05, 4.69) is 79.8 Å². The molecule has 182 valence electrons. The molecule has 0 radical (unpaired) electrons. The first-order valence-electron chi connectivity index (χ1n) is 12.5. The Hall–Kier alpha value is -1.15. The van der Waals surface area contributed by atoms with Gasteiger partial charge in [-0.3, -0.25) is 4.79 Å². The maximum absolute atomic E-state index is 13.1. The van der Waals surface area contributed by atoms with Gasteiger partial charge in [-0.15, -0.1) is 0 Å². The van der Waals surface area contributed by atoms with Gasteiger partial charge in [-0.2, -0.15) is 0 Å². The van der Waals surface area contributed by atoms with Gasteiger partial charge in [-0.05, 0) is 81.7 Å². The first-order valence-corrected chi connectivity index (χ1v) is 15.4. The molecule has 5 nitrogen and oxygen atoms in total. The molecule has 1 aromatic rings. The lowest BCUT2D eigenvalue weighted by Gasteiger charge is -2.36. The van der Waals surface area contributed by atoms with E-state index in [-0.39, 0.29) is 41.3 Å². The second-order valence-electron chi connectivity index (χ2n) is 12.9. The highest BCUT2D eigenvalue weighted by atomic mass is 28.4. The van der Waals surface area contributed by atoms with Crippen molar-refractivity contribution in [1.29, 1.82) is 0 Å². The Morgan fingerprint density at radius 3 is 2.36 bits per heavy atom. The third-order valence-corrected chi connectivity index (χ3v) is 13.7. The highest BCUT2D eigenvalue weighted by Gasteiger charge is 2.54. The maximum atomic E-state index is 13.1. The van der Waals surface area contributed by atoms with E-state index < -0.39 is 8.32 Å². The van der Waals surface area contributed by atoms with Crippen molar-refractivity contribution >= 4 is 26.8 Å².